The summed E-state index contributed by atoms with van der Waals surface area (Å²) in [4.78, 5) is 12.6. The Morgan fingerprint density at radius 3 is 2.00 bits per heavy atom. The molecule has 0 aliphatic rings. The zero-order chi connectivity index (χ0) is 26.7. The average molecular weight is 525 g/mol. The molecule has 0 aliphatic heterocycles. The number of rotatable bonds is 9. The van der Waals surface area contributed by atoms with Crippen LogP contribution in [0.3, 0.4) is 0 Å². The smallest absolute Gasteiger partial charge is 0.403 e. The second-order valence-corrected chi connectivity index (χ2v) is 11.0. The molecular formula is C24H27F3N4O4S. The molecule has 0 saturated heterocycles. The van der Waals surface area contributed by atoms with Gasteiger partial charge in [-0.2, -0.15) is 17.5 Å². The third kappa shape index (κ3) is 6.70. The zero-order valence-corrected chi connectivity index (χ0v) is 21.0. The number of carbonyl (C=O) groups excluding carboxylic acids is 1. The summed E-state index contributed by atoms with van der Waals surface area (Å²) in [6.07, 6.45) is -4.47. The van der Waals surface area contributed by atoms with Gasteiger partial charge in [0.05, 0.1) is 10.5 Å². The molecule has 8 nitrogen and oxygen atoms in total. The first-order valence-electron chi connectivity index (χ1n) is 11.2. The van der Waals surface area contributed by atoms with Gasteiger partial charge < -0.3 is 4.42 Å². The molecule has 1 N–H and O–H groups in total. The number of hydrogen-bond donors (Lipinski definition) is 1. The normalized spacial score (nSPS) is 12.5. The van der Waals surface area contributed by atoms with E-state index in [2.05, 4.69) is 15.5 Å². The lowest BCUT2D eigenvalue weighted by Gasteiger charge is -2.25. The summed E-state index contributed by atoms with van der Waals surface area (Å²) < 4.78 is 71.2. The first-order valence-corrected chi connectivity index (χ1v) is 12.6. The molecule has 0 atom stereocenters. The molecule has 12 heteroatoms. The molecule has 3 aromatic rings. The molecule has 194 valence electrons. The fraction of sp³-hybridized carbons (Fsp3) is 0.375. The summed E-state index contributed by atoms with van der Waals surface area (Å²) >= 11 is 0. The zero-order valence-electron chi connectivity index (χ0n) is 20.2. The van der Waals surface area contributed by atoms with Crippen LogP contribution in [0.1, 0.15) is 43.6 Å². The number of carbonyl (C=O) groups is 1. The van der Waals surface area contributed by atoms with Crippen LogP contribution in [0.15, 0.2) is 57.8 Å². The van der Waals surface area contributed by atoms with Gasteiger partial charge in [-0.3, -0.25) is 10.1 Å². The number of sulfonamides is 1. The lowest BCUT2D eigenvalue weighted by molar-refractivity contribution is -0.137. The van der Waals surface area contributed by atoms with Crippen LogP contribution in [-0.2, 0) is 16.2 Å². The van der Waals surface area contributed by atoms with Gasteiger partial charge in [0.25, 0.3) is 5.91 Å². The predicted octanol–water partition coefficient (Wildman–Crippen LogP) is 5.31. The molecule has 3 rings (SSSR count). The summed E-state index contributed by atoms with van der Waals surface area (Å²) in [5, 5.41) is 9.83. The minimum absolute atomic E-state index is 0.0720. The number of amides is 1. The van der Waals surface area contributed by atoms with E-state index in [0.717, 1.165) is 12.1 Å². The maximum absolute atomic E-state index is 13.1. The van der Waals surface area contributed by atoms with Crippen LogP contribution >= 0.6 is 0 Å². The number of nitrogens with zero attached hydrogens (tertiary/aromatic N) is 3. The number of benzene rings is 2. The fourth-order valence-corrected chi connectivity index (χ4v) is 5.14. The highest BCUT2D eigenvalue weighted by molar-refractivity contribution is 7.89. The Labute approximate surface area is 207 Å². The molecule has 1 amide bonds. The molecule has 1 aromatic heterocycles. The second-order valence-electron chi connectivity index (χ2n) is 9.08. The SMILES string of the molecule is CC(C)CN(CC(C)C)S(=O)(=O)c1ccc(C(=O)Nc2nnc(-c3ccc(C(F)(F)F)cc3)o2)cc1. The summed E-state index contributed by atoms with van der Waals surface area (Å²) in [7, 11) is -3.74. The van der Waals surface area contributed by atoms with Crippen LogP contribution in [-0.4, -0.2) is 41.9 Å². The van der Waals surface area contributed by atoms with Crippen molar-refractivity contribution in [2.45, 2.75) is 38.8 Å². The van der Waals surface area contributed by atoms with E-state index in [1.807, 2.05) is 27.7 Å². The highest BCUT2D eigenvalue weighted by Crippen LogP contribution is 2.31. The Balaban J connectivity index is 1.71. The van der Waals surface area contributed by atoms with Gasteiger partial charge in [0.15, 0.2) is 0 Å². The van der Waals surface area contributed by atoms with Gasteiger partial charge in [0.2, 0.25) is 15.9 Å². The highest BCUT2D eigenvalue weighted by Gasteiger charge is 2.30. The minimum atomic E-state index is -4.47. The molecule has 36 heavy (non-hydrogen) atoms. The topological polar surface area (TPSA) is 105 Å². The standard InChI is InChI=1S/C24H27F3N4O4S/c1-15(2)13-31(14-16(3)4)36(33,34)20-11-7-17(8-12-20)21(32)28-23-30-29-22(35-23)18-5-9-19(10-6-18)24(25,26)27/h5-12,15-16H,13-14H2,1-4H3,(H,28,30,32). The quantitative estimate of drug-likeness (QED) is 0.407. The first kappa shape index (κ1) is 27.3. The largest absolute Gasteiger partial charge is 0.416 e. The monoisotopic (exact) mass is 524 g/mol. The van der Waals surface area contributed by atoms with Crippen LogP contribution in [0.2, 0.25) is 0 Å². The Bertz CT molecular complexity index is 1280. The third-order valence-corrected chi connectivity index (χ3v) is 6.84. The van der Waals surface area contributed by atoms with E-state index >= 15 is 0 Å². The average Bonchev–Trinajstić information content (AvgIpc) is 3.26. The maximum atomic E-state index is 13.1. The van der Waals surface area contributed by atoms with Crippen LogP contribution in [0, 0.1) is 11.8 Å². The highest BCUT2D eigenvalue weighted by atomic mass is 32.2. The number of hydrogen-bond acceptors (Lipinski definition) is 6. The van der Waals surface area contributed by atoms with Crippen molar-refractivity contribution in [1.29, 1.82) is 0 Å². The van der Waals surface area contributed by atoms with Gasteiger partial charge in [-0.25, -0.2) is 8.42 Å². The summed E-state index contributed by atoms with van der Waals surface area (Å²) in [6.45, 7) is 8.52. The van der Waals surface area contributed by atoms with Crippen molar-refractivity contribution in [1.82, 2.24) is 14.5 Å². The van der Waals surface area contributed by atoms with Crippen molar-refractivity contribution in [3.63, 3.8) is 0 Å². The van der Waals surface area contributed by atoms with Crippen molar-refractivity contribution in [3.8, 4) is 11.5 Å². The molecule has 0 bridgehead atoms. The fourth-order valence-electron chi connectivity index (χ4n) is 3.37. The van der Waals surface area contributed by atoms with E-state index in [-0.39, 0.29) is 39.8 Å². The number of anilines is 1. The Kier molecular flexibility index (Phi) is 8.19. The van der Waals surface area contributed by atoms with Gasteiger partial charge in [-0.05, 0) is 60.4 Å². The van der Waals surface area contributed by atoms with Crippen LogP contribution in [0.5, 0.6) is 0 Å². The minimum Gasteiger partial charge on any atom is -0.403 e. The van der Waals surface area contributed by atoms with Crippen LogP contribution < -0.4 is 5.32 Å². The third-order valence-electron chi connectivity index (χ3n) is 5.00. The first-order chi connectivity index (χ1) is 16.8. The predicted molar refractivity (Wildman–Crippen MR) is 128 cm³/mol. The van der Waals surface area contributed by atoms with Crippen LogP contribution in [0.4, 0.5) is 19.2 Å². The van der Waals surface area contributed by atoms with Gasteiger partial charge in [-0.1, -0.05) is 32.8 Å². The lowest BCUT2D eigenvalue weighted by Crippen LogP contribution is -2.37. The maximum Gasteiger partial charge on any atom is 0.416 e. The molecular weight excluding hydrogens is 497 g/mol. The molecule has 0 unspecified atom stereocenters. The van der Waals surface area contributed by atoms with E-state index in [9.17, 15) is 26.4 Å². The number of nitrogens with one attached hydrogen (secondary N) is 1. The van der Waals surface area contributed by atoms with Crippen molar-refractivity contribution in [2.75, 3.05) is 18.4 Å². The van der Waals surface area contributed by atoms with Crippen molar-refractivity contribution < 1.29 is 30.8 Å². The molecule has 1 heterocycles. The summed E-state index contributed by atoms with van der Waals surface area (Å²) in [5.74, 6) is -0.408. The summed E-state index contributed by atoms with van der Waals surface area (Å²) in [5.41, 5.74) is -0.415. The van der Waals surface area contributed by atoms with Gasteiger partial charge in [0.1, 0.15) is 0 Å². The number of alkyl halides is 3. The van der Waals surface area contributed by atoms with Gasteiger partial charge in [0, 0.05) is 24.2 Å². The second kappa shape index (κ2) is 10.8. The summed E-state index contributed by atoms with van der Waals surface area (Å²) in [6, 6.07) is 9.35. The molecule has 0 fully saturated rings. The van der Waals surface area contributed by atoms with E-state index in [1.54, 1.807) is 0 Å². The lowest BCUT2D eigenvalue weighted by atomic mass is 10.1. The van der Waals surface area contributed by atoms with E-state index in [0.29, 0.717) is 13.1 Å². The molecule has 0 radical (unpaired) electrons. The molecule has 0 saturated carbocycles. The molecule has 2 aromatic carbocycles. The van der Waals surface area contributed by atoms with Gasteiger partial charge >= 0.3 is 12.2 Å². The number of aromatic nitrogens is 2. The Hall–Kier alpha value is -3.25. The van der Waals surface area contributed by atoms with Crippen molar-refractivity contribution >= 4 is 21.9 Å². The molecule has 0 aliphatic carbocycles. The number of halogens is 3. The van der Waals surface area contributed by atoms with Gasteiger partial charge in [-0.15, -0.1) is 5.10 Å². The van der Waals surface area contributed by atoms with Crippen LogP contribution in [0.25, 0.3) is 11.5 Å². The Morgan fingerprint density at radius 2 is 1.50 bits per heavy atom. The van der Waals surface area contributed by atoms with Crippen molar-refractivity contribution in [3.05, 3.63) is 59.7 Å². The molecule has 0 spiro atoms. The van der Waals surface area contributed by atoms with E-state index in [1.165, 1.54) is 40.7 Å². The Morgan fingerprint density at radius 1 is 0.944 bits per heavy atom. The van der Waals surface area contributed by atoms with Crippen molar-refractivity contribution in [2.24, 2.45) is 11.8 Å². The van der Waals surface area contributed by atoms with E-state index in [4.69, 9.17) is 4.42 Å². The van der Waals surface area contributed by atoms with E-state index < -0.39 is 27.7 Å².